The summed E-state index contributed by atoms with van der Waals surface area (Å²) in [6, 6.07) is 4.42. The smallest absolute Gasteiger partial charge is 0.408 e. The molecule has 24 heavy (non-hydrogen) atoms. The fraction of sp³-hybridized carbons (Fsp3) is 0.412. The molecule has 7 nitrogen and oxygen atoms in total. The van der Waals surface area contributed by atoms with Crippen molar-refractivity contribution in [3.63, 3.8) is 0 Å². The summed E-state index contributed by atoms with van der Waals surface area (Å²) in [5.74, 6) is -0.455. The van der Waals surface area contributed by atoms with E-state index in [9.17, 15) is 14.7 Å². The Labute approximate surface area is 140 Å². The number of aromatic nitrogens is 1. The third-order valence-corrected chi connectivity index (χ3v) is 3.40. The summed E-state index contributed by atoms with van der Waals surface area (Å²) >= 11 is 0. The largest absolute Gasteiger partial charge is 0.495 e. The maximum atomic E-state index is 11.8. The molecular weight excluding hydrogens is 312 g/mol. The third-order valence-electron chi connectivity index (χ3n) is 3.40. The molecule has 1 atom stereocenters. The van der Waals surface area contributed by atoms with Crippen molar-refractivity contribution < 1.29 is 24.2 Å². The van der Waals surface area contributed by atoms with Gasteiger partial charge in [0.15, 0.2) is 0 Å². The van der Waals surface area contributed by atoms with Gasteiger partial charge in [0.05, 0.1) is 12.6 Å². The molecule has 0 unspecified atom stereocenters. The molecule has 0 fully saturated rings. The van der Waals surface area contributed by atoms with Crippen molar-refractivity contribution in [2.24, 2.45) is 0 Å². The minimum Gasteiger partial charge on any atom is -0.495 e. The molecule has 0 aliphatic carbocycles. The summed E-state index contributed by atoms with van der Waals surface area (Å²) in [5.41, 5.74) is 0.866. The highest BCUT2D eigenvalue weighted by molar-refractivity contribution is 5.89. The number of alkyl carbamates (subject to hydrolysis) is 1. The van der Waals surface area contributed by atoms with Gasteiger partial charge in [-0.15, -0.1) is 0 Å². The lowest BCUT2D eigenvalue weighted by Gasteiger charge is -2.22. The summed E-state index contributed by atoms with van der Waals surface area (Å²) in [6.45, 7) is 5.15. The molecule has 0 bridgehead atoms. The number of nitrogens with one attached hydrogen (secondary N) is 2. The van der Waals surface area contributed by atoms with Crippen LogP contribution < -0.4 is 10.1 Å². The molecule has 1 heterocycles. The topological polar surface area (TPSA) is 101 Å². The van der Waals surface area contributed by atoms with Crippen molar-refractivity contribution in [1.29, 1.82) is 0 Å². The Kier molecular flexibility index (Phi) is 5.02. The molecule has 3 N–H and O–H groups in total. The van der Waals surface area contributed by atoms with Crippen LogP contribution in [0.3, 0.4) is 0 Å². The normalized spacial score (nSPS) is 12.7. The molecular formula is C17H22N2O5. The van der Waals surface area contributed by atoms with Gasteiger partial charge in [-0.1, -0.05) is 12.1 Å². The molecule has 0 radical (unpaired) electrons. The summed E-state index contributed by atoms with van der Waals surface area (Å²) in [4.78, 5) is 26.4. The monoisotopic (exact) mass is 334 g/mol. The predicted molar refractivity (Wildman–Crippen MR) is 89.3 cm³/mol. The molecule has 1 aromatic carbocycles. The van der Waals surface area contributed by atoms with Gasteiger partial charge in [-0.3, -0.25) is 0 Å². The third kappa shape index (κ3) is 4.18. The zero-order valence-corrected chi connectivity index (χ0v) is 14.2. The minimum absolute atomic E-state index is 0.127. The van der Waals surface area contributed by atoms with Crippen molar-refractivity contribution in [3.05, 3.63) is 30.0 Å². The Balaban J connectivity index is 2.20. The van der Waals surface area contributed by atoms with E-state index < -0.39 is 23.7 Å². The number of carbonyl (C=O) groups is 2. The molecule has 0 aliphatic heterocycles. The van der Waals surface area contributed by atoms with Crippen LogP contribution in [0.4, 0.5) is 4.79 Å². The average Bonchev–Trinajstić information content (AvgIpc) is 2.87. The first-order valence-corrected chi connectivity index (χ1v) is 7.56. The molecule has 0 saturated heterocycles. The van der Waals surface area contributed by atoms with E-state index in [1.54, 1.807) is 34.1 Å². The number of fused-ring (bicyclic) bond motifs is 1. The molecule has 130 valence electrons. The number of amides is 1. The van der Waals surface area contributed by atoms with E-state index in [1.165, 1.54) is 0 Å². The second-order valence-electron chi connectivity index (χ2n) is 6.44. The van der Waals surface area contributed by atoms with Crippen LogP contribution in [-0.4, -0.2) is 40.9 Å². The van der Waals surface area contributed by atoms with Crippen LogP contribution in [0.1, 0.15) is 26.3 Å². The van der Waals surface area contributed by atoms with Gasteiger partial charge in [0, 0.05) is 18.0 Å². The van der Waals surface area contributed by atoms with Gasteiger partial charge in [0.25, 0.3) is 0 Å². The number of carbonyl (C=O) groups excluding carboxylic acids is 1. The number of aliphatic carboxylic acids is 1. The zero-order valence-electron chi connectivity index (χ0n) is 14.2. The first-order valence-electron chi connectivity index (χ1n) is 7.56. The molecule has 2 aromatic rings. The highest BCUT2D eigenvalue weighted by Crippen LogP contribution is 2.27. The number of hydrogen-bond donors (Lipinski definition) is 3. The standard InChI is InChI=1S/C17H22N2O5/c1-17(2,3)24-16(22)19-12(15(20)21)8-10-9-18-14-11(10)6-5-7-13(14)23-4/h5-7,9,12,18H,8H2,1-4H3,(H,19,22)(H,20,21)/t12-/m1/s1. The number of carboxylic acids is 1. The van der Waals surface area contributed by atoms with E-state index in [0.29, 0.717) is 5.75 Å². The molecule has 7 heteroatoms. The molecule has 1 amide bonds. The maximum Gasteiger partial charge on any atom is 0.408 e. The number of para-hydroxylation sites is 1. The van der Waals surface area contributed by atoms with Gasteiger partial charge in [0.2, 0.25) is 0 Å². The number of benzene rings is 1. The van der Waals surface area contributed by atoms with Crippen molar-refractivity contribution in [1.82, 2.24) is 10.3 Å². The van der Waals surface area contributed by atoms with Crippen molar-refractivity contribution >= 4 is 23.0 Å². The van der Waals surface area contributed by atoms with Crippen LogP contribution in [0.15, 0.2) is 24.4 Å². The fourth-order valence-corrected chi connectivity index (χ4v) is 2.39. The summed E-state index contributed by atoms with van der Waals surface area (Å²) in [6.07, 6.45) is 1.09. The lowest BCUT2D eigenvalue weighted by Crippen LogP contribution is -2.44. The van der Waals surface area contributed by atoms with Crippen LogP contribution in [0.25, 0.3) is 10.9 Å². The van der Waals surface area contributed by atoms with Gasteiger partial charge in [-0.05, 0) is 32.4 Å². The number of H-pyrrole nitrogens is 1. The van der Waals surface area contributed by atoms with E-state index in [1.807, 2.05) is 18.2 Å². The van der Waals surface area contributed by atoms with E-state index in [-0.39, 0.29) is 6.42 Å². The van der Waals surface area contributed by atoms with E-state index in [2.05, 4.69) is 10.3 Å². The Morgan fingerprint density at radius 1 is 1.33 bits per heavy atom. The number of rotatable bonds is 5. The van der Waals surface area contributed by atoms with Crippen molar-refractivity contribution in [3.8, 4) is 5.75 Å². The van der Waals surface area contributed by atoms with Gasteiger partial charge in [-0.2, -0.15) is 0 Å². The Bertz CT molecular complexity index is 745. The van der Waals surface area contributed by atoms with Crippen LogP contribution >= 0.6 is 0 Å². The number of aromatic amines is 1. The second kappa shape index (κ2) is 6.82. The Morgan fingerprint density at radius 3 is 2.62 bits per heavy atom. The van der Waals surface area contributed by atoms with Crippen molar-refractivity contribution in [2.75, 3.05) is 7.11 Å². The summed E-state index contributed by atoms with van der Waals surface area (Å²) in [5, 5.41) is 12.6. The highest BCUT2D eigenvalue weighted by atomic mass is 16.6. The average molecular weight is 334 g/mol. The Hall–Kier alpha value is -2.70. The summed E-state index contributed by atoms with van der Waals surface area (Å²) < 4.78 is 10.4. The van der Waals surface area contributed by atoms with Crippen LogP contribution in [0, 0.1) is 0 Å². The number of hydrogen-bond acceptors (Lipinski definition) is 4. The second-order valence-corrected chi connectivity index (χ2v) is 6.44. The van der Waals surface area contributed by atoms with E-state index in [0.717, 1.165) is 16.5 Å². The van der Waals surface area contributed by atoms with Gasteiger partial charge < -0.3 is 24.9 Å². The van der Waals surface area contributed by atoms with Crippen molar-refractivity contribution in [2.45, 2.75) is 38.8 Å². The maximum absolute atomic E-state index is 11.8. The van der Waals surface area contributed by atoms with Crippen LogP contribution in [-0.2, 0) is 16.0 Å². The SMILES string of the molecule is COc1cccc2c(C[C@@H](NC(=O)OC(C)(C)C)C(=O)O)c[nH]c12. The van der Waals surface area contributed by atoms with Crippen LogP contribution in [0.5, 0.6) is 5.75 Å². The van der Waals surface area contributed by atoms with Gasteiger partial charge in [0.1, 0.15) is 17.4 Å². The lowest BCUT2D eigenvalue weighted by molar-refractivity contribution is -0.139. The molecule has 0 aliphatic rings. The first-order chi connectivity index (χ1) is 11.2. The molecule has 2 rings (SSSR count). The van der Waals surface area contributed by atoms with E-state index >= 15 is 0 Å². The molecule has 0 spiro atoms. The quantitative estimate of drug-likeness (QED) is 0.780. The van der Waals surface area contributed by atoms with Crippen LogP contribution in [0.2, 0.25) is 0 Å². The number of ether oxygens (including phenoxy) is 2. The van der Waals surface area contributed by atoms with Gasteiger partial charge in [-0.25, -0.2) is 9.59 Å². The predicted octanol–water partition coefficient (Wildman–Crippen LogP) is 2.70. The summed E-state index contributed by atoms with van der Waals surface area (Å²) in [7, 11) is 1.57. The number of methoxy groups -OCH3 is 1. The molecule has 1 aromatic heterocycles. The first kappa shape index (κ1) is 17.7. The molecule has 0 saturated carbocycles. The Morgan fingerprint density at radius 2 is 2.04 bits per heavy atom. The highest BCUT2D eigenvalue weighted by Gasteiger charge is 2.25. The van der Waals surface area contributed by atoms with E-state index in [4.69, 9.17) is 9.47 Å². The zero-order chi connectivity index (χ0) is 17.9. The fourth-order valence-electron chi connectivity index (χ4n) is 2.39. The minimum atomic E-state index is -1.13. The number of carboxylic acid groups (broad SMARTS) is 1. The van der Waals surface area contributed by atoms with Gasteiger partial charge >= 0.3 is 12.1 Å². The lowest BCUT2D eigenvalue weighted by atomic mass is 10.0.